The zero-order chi connectivity index (χ0) is 22.1. The van der Waals surface area contributed by atoms with Crippen molar-refractivity contribution >= 4 is 11.9 Å². The molecule has 4 heteroatoms. The lowest BCUT2D eigenvalue weighted by Gasteiger charge is -2.63. The summed E-state index contributed by atoms with van der Waals surface area (Å²) >= 11 is 0. The fourth-order valence-electron chi connectivity index (χ4n) is 8.92. The van der Waals surface area contributed by atoms with Gasteiger partial charge in [-0.2, -0.15) is 0 Å². The lowest BCUT2D eigenvalue weighted by atomic mass is 9.40. The number of carbonyl (C=O) groups is 2. The van der Waals surface area contributed by atoms with Gasteiger partial charge in [-0.3, -0.25) is 4.79 Å². The maximum absolute atomic E-state index is 12.9. The molecule has 1 N–H and O–H groups in total. The Balaban J connectivity index is 1.43. The van der Waals surface area contributed by atoms with Crippen molar-refractivity contribution in [3.63, 3.8) is 0 Å². The van der Waals surface area contributed by atoms with Gasteiger partial charge in [0.2, 0.25) is 0 Å². The molecule has 1 unspecified atom stereocenters. The summed E-state index contributed by atoms with van der Waals surface area (Å²) in [5.74, 6) is -0.0344. The summed E-state index contributed by atoms with van der Waals surface area (Å²) in [4.78, 5) is 25.1. The highest BCUT2D eigenvalue weighted by atomic mass is 16.5. The van der Waals surface area contributed by atoms with Crippen LogP contribution in [0.25, 0.3) is 0 Å². The molecule has 31 heavy (non-hydrogen) atoms. The zero-order valence-electron chi connectivity index (χ0n) is 19.2. The highest BCUT2D eigenvalue weighted by Gasteiger charge is 2.68. The minimum absolute atomic E-state index is 0.0366. The first-order valence-corrected chi connectivity index (χ1v) is 12.1. The Morgan fingerprint density at radius 3 is 2.39 bits per heavy atom. The van der Waals surface area contributed by atoms with Crippen LogP contribution in [0.4, 0.5) is 0 Å². The summed E-state index contributed by atoms with van der Waals surface area (Å²) in [5.41, 5.74) is 0.323. The first kappa shape index (κ1) is 21.0. The minimum Gasteiger partial charge on any atom is -0.481 e. The maximum Gasteiger partial charge on any atom is 0.338 e. The standard InChI is InChI=1S/C27H36O4/c1-24-14-10-20-25(2)12-7-13-26(3,23(29)30)19(25)11-15-27(20,17-24)16-21(24)31-22(28)18-8-5-4-6-9-18/h4-6,8-9,19-21H,7,10-17H2,1-3H3,(H,29,30)/t19-,20-,21?,24-,25+,26+,27-/m0/s1. The number of ether oxygens (including phenoxy) is 1. The number of carboxylic acids is 1. The third kappa shape index (κ3) is 2.93. The van der Waals surface area contributed by atoms with Crippen molar-refractivity contribution < 1.29 is 19.4 Å². The average Bonchev–Trinajstić information content (AvgIpc) is 2.93. The Morgan fingerprint density at radius 1 is 0.968 bits per heavy atom. The van der Waals surface area contributed by atoms with Gasteiger partial charge >= 0.3 is 11.9 Å². The topological polar surface area (TPSA) is 63.6 Å². The number of rotatable bonds is 3. The van der Waals surface area contributed by atoms with Crippen LogP contribution in [-0.4, -0.2) is 23.1 Å². The molecule has 168 valence electrons. The van der Waals surface area contributed by atoms with Crippen LogP contribution in [0.1, 0.15) is 88.9 Å². The molecule has 0 saturated heterocycles. The van der Waals surface area contributed by atoms with E-state index in [4.69, 9.17) is 4.74 Å². The van der Waals surface area contributed by atoms with Gasteiger partial charge in [0, 0.05) is 5.41 Å². The number of esters is 1. The number of carbonyl (C=O) groups excluding carboxylic acids is 1. The third-order valence-electron chi connectivity index (χ3n) is 10.3. The largest absolute Gasteiger partial charge is 0.481 e. The van der Waals surface area contributed by atoms with Gasteiger partial charge in [-0.25, -0.2) is 4.79 Å². The van der Waals surface area contributed by atoms with Gasteiger partial charge in [0.15, 0.2) is 0 Å². The van der Waals surface area contributed by atoms with Crippen LogP contribution >= 0.6 is 0 Å². The van der Waals surface area contributed by atoms with Gasteiger partial charge < -0.3 is 9.84 Å². The van der Waals surface area contributed by atoms with Crippen LogP contribution in [0.15, 0.2) is 30.3 Å². The monoisotopic (exact) mass is 424 g/mol. The predicted octanol–water partition coefficient (Wildman–Crippen LogP) is 6.10. The van der Waals surface area contributed by atoms with Crippen molar-refractivity contribution in [3.05, 3.63) is 35.9 Å². The van der Waals surface area contributed by atoms with Gasteiger partial charge in [-0.15, -0.1) is 0 Å². The summed E-state index contributed by atoms with van der Waals surface area (Å²) in [5, 5.41) is 10.1. The van der Waals surface area contributed by atoms with Crippen molar-refractivity contribution in [1.29, 1.82) is 0 Å². The van der Waals surface area contributed by atoms with Gasteiger partial charge in [-0.05, 0) is 93.1 Å². The molecule has 4 nitrogen and oxygen atoms in total. The van der Waals surface area contributed by atoms with Crippen LogP contribution in [0.3, 0.4) is 0 Å². The highest BCUT2D eigenvalue weighted by molar-refractivity contribution is 5.89. The van der Waals surface area contributed by atoms with E-state index >= 15 is 0 Å². The van der Waals surface area contributed by atoms with Crippen molar-refractivity contribution in [2.45, 2.75) is 84.7 Å². The summed E-state index contributed by atoms with van der Waals surface area (Å²) in [6.45, 7) is 6.72. The molecular formula is C27H36O4. The molecule has 4 fully saturated rings. The molecule has 7 atom stereocenters. The summed E-state index contributed by atoms with van der Waals surface area (Å²) < 4.78 is 6.17. The normalized spacial score (nSPS) is 46.0. The van der Waals surface area contributed by atoms with Crippen LogP contribution in [-0.2, 0) is 9.53 Å². The van der Waals surface area contributed by atoms with E-state index in [0.29, 0.717) is 11.5 Å². The first-order valence-electron chi connectivity index (χ1n) is 12.1. The molecule has 4 saturated carbocycles. The molecule has 5 rings (SSSR count). The molecule has 0 radical (unpaired) electrons. The molecular weight excluding hydrogens is 388 g/mol. The Kier molecular flexibility index (Phi) is 4.63. The van der Waals surface area contributed by atoms with E-state index in [0.717, 1.165) is 57.8 Å². The molecule has 2 bridgehead atoms. The van der Waals surface area contributed by atoms with E-state index in [1.165, 1.54) is 0 Å². The fraction of sp³-hybridized carbons (Fsp3) is 0.704. The maximum atomic E-state index is 12.9. The SMILES string of the molecule is C[C@@]12CC[C@@H]3[C@@](CC[C@H]4[C@@]3(C)CCC[C@@]4(C)C(=O)O)(CC1OC(=O)c1ccccc1)C2. The number of hydrogen-bond acceptors (Lipinski definition) is 3. The first-order chi connectivity index (χ1) is 14.6. The highest BCUT2D eigenvalue weighted by Crippen LogP contribution is 2.74. The van der Waals surface area contributed by atoms with E-state index in [1.54, 1.807) is 0 Å². The van der Waals surface area contributed by atoms with Gasteiger partial charge in [-0.1, -0.05) is 38.5 Å². The second-order valence-electron chi connectivity index (χ2n) is 11.9. The van der Waals surface area contributed by atoms with E-state index in [2.05, 4.69) is 13.8 Å². The smallest absolute Gasteiger partial charge is 0.338 e. The van der Waals surface area contributed by atoms with E-state index < -0.39 is 11.4 Å². The van der Waals surface area contributed by atoms with Gasteiger partial charge in [0.05, 0.1) is 11.0 Å². The molecule has 4 aliphatic carbocycles. The zero-order valence-corrected chi connectivity index (χ0v) is 19.2. The Labute approximate surface area is 185 Å². The van der Waals surface area contributed by atoms with Gasteiger partial charge in [0.25, 0.3) is 0 Å². The van der Waals surface area contributed by atoms with Crippen LogP contribution in [0.5, 0.6) is 0 Å². The lowest BCUT2D eigenvalue weighted by Crippen LogP contribution is -2.58. The third-order valence-corrected chi connectivity index (χ3v) is 10.3. The van der Waals surface area contributed by atoms with Crippen LogP contribution < -0.4 is 0 Å². The number of fused-ring (bicyclic) bond motifs is 3. The Bertz CT molecular complexity index is 896. The number of carboxylic acid groups (broad SMARTS) is 1. The molecule has 0 amide bonds. The van der Waals surface area contributed by atoms with Crippen LogP contribution in [0.2, 0.25) is 0 Å². The fourth-order valence-corrected chi connectivity index (χ4v) is 8.92. The van der Waals surface area contributed by atoms with Crippen molar-refractivity contribution in [2.24, 2.45) is 33.5 Å². The second-order valence-corrected chi connectivity index (χ2v) is 11.9. The minimum atomic E-state index is -0.610. The van der Waals surface area contributed by atoms with E-state index in [9.17, 15) is 14.7 Å². The summed E-state index contributed by atoms with van der Waals surface area (Å²) in [6, 6.07) is 9.33. The Hall–Kier alpha value is -1.84. The quantitative estimate of drug-likeness (QED) is 0.596. The Morgan fingerprint density at radius 2 is 1.68 bits per heavy atom. The van der Waals surface area contributed by atoms with Crippen molar-refractivity contribution in [1.82, 2.24) is 0 Å². The number of benzene rings is 1. The van der Waals surface area contributed by atoms with E-state index in [-0.39, 0.29) is 34.2 Å². The van der Waals surface area contributed by atoms with Crippen molar-refractivity contribution in [3.8, 4) is 0 Å². The molecule has 0 aliphatic heterocycles. The van der Waals surface area contributed by atoms with Gasteiger partial charge in [0.1, 0.15) is 6.10 Å². The van der Waals surface area contributed by atoms with Crippen LogP contribution in [0, 0.1) is 33.5 Å². The second kappa shape index (κ2) is 6.83. The molecule has 1 aromatic rings. The van der Waals surface area contributed by atoms with Crippen molar-refractivity contribution in [2.75, 3.05) is 0 Å². The predicted molar refractivity (Wildman–Crippen MR) is 119 cm³/mol. The summed E-state index contributed by atoms with van der Waals surface area (Å²) in [7, 11) is 0. The molecule has 1 aromatic carbocycles. The van der Waals surface area contributed by atoms with E-state index in [1.807, 2.05) is 37.3 Å². The number of aliphatic carboxylic acids is 1. The average molecular weight is 425 g/mol. The molecule has 0 aromatic heterocycles. The summed E-state index contributed by atoms with van der Waals surface area (Å²) in [6.07, 6.45) is 9.24. The molecule has 0 heterocycles. The lowest BCUT2D eigenvalue weighted by molar-refractivity contribution is -0.182. The molecule has 4 aliphatic rings. The molecule has 1 spiro atoms. The number of hydrogen-bond donors (Lipinski definition) is 1.